The van der Waals surface area contributed by atoms with Gasteiger partial charge in [0.2, 0.25) is 0 Å². The average Bonchev–Trinajstić information content (AvgIpc) is 0.725. The van der Waals surface area contributed by atoms with Crippen LogP contribution in [0.15, 0.2) is 449 Å². The molecule has 0 aliphatic carbocycles. The van der Waals surface area contributed by atoms with E-state index in [1.807, 2.05) is 12.1 Å². The third-order valence-corrected chi connectivity index (χ3v) is 28.2. The van der Waals surface area contributed by atoms with Crippen LogP contribution in [-0.2, 0) is 10.8 Å². The molecule has 0 saturated heterocycles. The summed E-state index contributed by atoms with van der Waals surface area (Å²) < 4.78 is 11.0. The van der Waals surface area contributed by atoms with Crippen molar-refractivity contribution in [3.63, 3.8) is 0 Å². The highest BCUT2D eigenvalue weighted by molar-refractivity contribution is 6.26. The van der Waals surface area contributed by atoms with Crippen molar-refractivity contribution in [3.8, 4) is 145 Å². The number of ether oxygens (including phenoxy) is 2. The van der Waals surface area contributed by atoms with Gasteiger partial charge in [-0.25, -0.2) is 0 Å². The molecule has 0 fully saturated rings. The Balaban J connectivity index is 0.000000125. The molecule has 0 heterocycles. The summed E-state index contributed by atoms with van der Waals surface area (Å²) in [7, 11) is 3.43. The topological polar surface area (TPSA) is 18.5 Å². The summed E-state index contributed by atoms with van der Waals surface area (Å²) in [6.07, 6.45) is 0. The second-order valence-electron chi connectivity index (χ2n) is 39.1. The van der Waals surface area contributed by atoms with Crippen LogP contribution >= 0.6 is 0 Å². The summed E-state index contributed by atoms with van der Waals surface area (Å²) in [6.45, 7) is 22.7. The van der Waals surface area contributed by atoms with Gasteiger partial charge < -0.3 is 9.47 Å². The predicted molar refractivity (Wildman–Crippen MR) is 594 cm³/mol. The molecule has 23 rings (SSSR count). The minimum atomic E-state index is -0.0218. The van der Waals surface area contributed by atoms with E-state index in [1.165, 1.54) is 253 Å². The van der Waals surface area contributed by atoms with Crippen molar-refractivity contribution in [2.24, 2.45) is 0 Å². The standard InChI is InChI=1S/C54H42.C42H34.C40H34O2/c1-54(2,3)47-28-29-50-51(36-47)53(46-34-43(39-22-12-6-13-23-39)31-44(35-46)40-24-14-7-15-25-40)49-27-17-16-26-48(49)52(50)45-32-41(37-18-8-4-9-19-37)30-42(33-45)38-20-10-5-11-21-38;1-27-21-37-38(22-28(27)2)42(36-20-12-18-34(26-36)32-15-9-6-10-16-32)40-24-30(4)29(3)23-39(40)41(37)35-19-11-17-33(25-35)31-13-7-5-8-14-31;1-40(2,3)31-16-19-36-37(24-31)39(30-13-11-28-23-33(42-5)18-15-26(28)21-30)35-9-7-6-8-34(35)38(36)29-12-10-27-22-32(41-4)17-14-25(27)20-29/h4-36H,1-3H3;5-26H,1-4H3;6-24H,1-5H3. The molecule has 0 unspecified atom stereocenters. The van der Waals surface area contributed by atoms with Crippen LogP contribution in [0.3, 0.4) is 0 Å². The average molecular weight is 1780 g/mol. The van der Waals surface area contributed by atoms with Crippen molar-refractivity contribution in [1.82, 2.24) is 0 Å². The zero-order valence-electron chi connectivity index (χ0n) is 80.5. The zero-order valence-corrected chi connectivity index (χ0v) is 80.5. The van der Waals surface area contributed by atoms with Gasteiger partial charge in [-0.15, -0.1) is 0 Å². The number of fused-ring (bicyclic) bond motifs is 8. The molecule has 0 saturated carbocycles. The lowest BCUT2D eigenvalue weighted by Gasteiger charge is -2.24. The molecular weight excluding hydrogens is 1670 g/mol. The van der Waals surface area contributed by atoms with E-state index < -0.39 is 0 Å². The Morgan fingerprint density at radius 1 is 0.145 bits per heavy atom. The number of hydrogen-bond donors (Lipinski definition) is 0. The predicted octanol–water partition coefficient (Wildman–Crippen LogP) is 38.1. The Morgan fingerprint density at radius 2 is 0.355 bits per heavy atom. The molecule has 0 atom stereocenters. The summed E-state index contributed by atoms with van der Waals surface area (Å²) in [5.41, 5.74) is 37.6. The quantitative estimate of drug-likeness (QED) is 0.101. The lowest BCUT2D eigenvalue weighted by atomic mass is 9.80. The fourth-order valence-electron chi connectivity index (χ4n) is 20.6. The van der Waals surface area contributed by atoms with Gasteiger partial charge in [0.15, 0.2) is 0 Å². The first kappa shape index (κ1) is 88.3. The van der Waals surface area contributed by atoms with Gasteiger partial charge >= 0.3 is 0 Å². The molecule has 138 heavy (non-hydrogen) atoms. The first-order valence-corrected chi connectivity index (χ1v) is 48.2. The van der Waals surface area contributed by atoms with Crippen LogP contribution in [-0.4, -0.2) is 14.2 Å². The van der Waals surface area contributed by atoms with Gasteiger partial charge in [0.1, 0.15) is 11.5 Å². The van der Waals surface area contributed by atoms with Crippen LogP contribution in [0.5, 0.6) is 11.5 Å². The van der Waals surface area contributed by atoms with Crippen molar-refractivity contribution >= 4 is 86.2 Å². The van der Waals surface area contributed by atoms with Crippen LogP contribution in [0, 0.1) is 27.7 Å². The lowest BCUT2D eigenvalue weighted by Crippen LogP contribution is -2.10. The monoisotopic (exact) mass is 1770 g/mol. The number of aryl methyl sites for hydroxylation is 4. The maximum Gasteiger partial charge on any atom is 0.119 e. The van der Waals surface area contributed by atoms with E-state index in [4.69, 9.17) is 9.47 Å². The van der Waals surface area contributed by atoms with Crippen molar-refractivity contribution < 1.29 is 9.47 Å². The molecule has 0 aliphatic heterocycles. The van der Waals surface area contributed by atoms with Gasteiger partial charge in [-0.2, -0.15) is 0 Å². The molecule has 666 valence electrons. The van der Waals surface area contributed by atoms with Crippen molar-refractivity contribution in [2.45, 2.75) is 80.1 Å². The molecule has 23 aromatic carbocycles. The Labute approximate surface area is 811 Å². The number of methoxy groups -OCH3 is 2. The minimum Gasteiger partial charge on any atom is -0.497 e. The Hall–Kier alpha value is -16.3. The van der Waals surface area contributed by atoms with E-state index >= 15 is 0 Å². The van der Waals surface area contributed by atoms with E-state index in [0.29, 0.717) is 0 Å². The largest absolute Gasteiger partial charge is 0.497 e. The summed E-state index contributed by atoms with van der Waals surface area (Å²) in [5, 5.41) is 20.0. The summed E-state index contributed by atoms with van der Waals surface area (Å²) >= 11 is 0. The maximum absolute atomic E-state index is 5.48. The van der Waals surface area contributed by atoms with Gasteiger partial charge in [-0.3, -0.25) is 0 Å². The normalized spacial score (nSPS) is 11.6. The molecular formula is C136H110O2. The van der Waals surface area contributed by atoms with Crippen molar-refractivity contribution in [2.75, 3.05) is 14.2 Å². The smallest absolute Gasteiger partial charge is 0.119 e. The molecule has 2 heteroatoms. The number of rotatable bonds is 14. The second kappa shape index (κ2) is 37.2. The Kier molecular flexibility index (Phi) is 23.8. The molecule has 2 nitrogen and oxygen atoms in total. The first-order chi connectivity index (χ1) is 67.2. The van der Waals surface area contributed by atoms with Crippen molar-refractivity contribution in [1.29, 1.82) is 0 Å². The van der Waals surface area contributed by atoms with Gasteiger partial charge in [-0.1, -0.05) is 393 Å². The van der Waals surface area contributed by atoms with Gasteiger partial charge in [0, 0.05) is 0 Å². The van der Waals surface area contributed by atoms with E-state index in [9.17, 15) is 0 Å². The molecule has 0 aliphatic rings. The third-order valence-electron chi connectivity index (χ3n) is 28.2. The lowest BCUT2D eigenvalue weighted by molar-refractivity contribution is 0.415. The highest BCUT2D eigenvalue weighted by Crippen LogP contribution is 2.52. The molecule has 0 aromatic heterocycles. The van der Waals surface area contributed by atoms with Gasteiger partial charge in [0.05, 0.1) is 14.2 Å². The van der Waals surface area contributed by atoms with Gasteiger partial charge in [0.25, 0.3) is 0 Å². The molecule has 0 radical (unpaired) electrons. The van der Waals surface area contributed by atoms with Crippen LogP contribution in [0.2, 0.25) is 0 Å². The Bertz CT molecular complexity index is 8260. The molecule has 0 amide bonds. The van der Waals surface area contributed by atoms with E-state index in [0.717, 1.165) is 11.5 Å². The SMILES string of the molecule is CC(C)(C)c1ccc2c(-c3cc(-c4ccccc4)cc(-c4ccccc4)c3)c3ccccc3c(-c3cc(-c4ccccc4)cc(-c4ccccc4)c3)c2c1.COc1ccc2cc(-c3c4ccccc4c(-c4ccc5cc(OC)ccc5c4)c4cc(C(C)(C)C)ccc34)ccc2c1.Cc1cc2c(-c3cccc(-c4ccccc4)c3)c3cc(C)c(C)cc3c(-c3cccc(-c4ccccc4)c3)c2cc1C. The molecule has 23 aromatic rings. The molecule has 0 N–H and O–H groups in total. The van der Waals surface area contributed by atoms with Crippen LogP contribution in [0.4, 0.5) is 0 Å². The third kappa shape index (κ3) is 17.4. The molecule has 0 bridgehead atoms. The van der Waals surface area contributed by atoms with E-state index in [2.05, 4.69) is 506 Å². The van der Waals surface area contributed by atoms with E-state index in [-0.39, 0.29) is 10.8 Å². The fourth-order valence-corrected chi connectivity index (χ4v) is 20.6. The van der Waals surface area contributed by atoms with Crippen molar-refractivity contribution in [3.05, 3.63) is 482 Å². The second-order valence-corrected chi connectivity index (χ2v) is 39.1. The van der Waals surface area contributed by atoms with Crippen LogP contribution < -0.4 is 9.47 Å². The van der Waals surface area contributed by atoms with Crippen LogP contribution in [0.1, 0.15) is 74.9 Å². The summed E-state index contributed by atoms with van der Waals surface area (Å²) in [6, 6.07) is 165. The zero-order chi connectivity index (χ0) is 94.5. The Morgan fingerprint density at radius 3 is 0.659 bits per heavy atom. The van der Waals surface area contributed by atoms with Gasteiger partial charge in [-0.05, 0) is 389 Å². The summed E-state index contributed by atoms with van der Waals surface area (Å²) in [4.78, 5) is 0. The number of benzene rings is 23. The minimum absolute atomic E-state index is 0.0218. The van der Waals surface area contributed by atoms with Crippen LogP contribution in [0.25, 0.3) is 220 Å². The van der Waals surface area contributed by atoms with E-state index in [1.54, 1.807) is 14.2 Å². The number of hydrogen-bond acceptors (Lipinski definition) is 2. The fraction of sp³-hybridized carbons (Fsp3) is 0.103. The maximum atomic E-state index is 5.48. The highest BCUT2D eigenvalue weighted by Gasteiger charge is 2.27. The molecule has 0 spiro atoms. The highest BCUT2D eigenvalue weighted by atomic mass is 16.5. The summed E-state index contributed by atoms with van der Waals surface area (Å²) in [5.74, 6) is 1.75. The first-order valence-electron chi connectivity index (χ1n) is 48.2.